The molecular formula is C18H19N3O4. The lowest BCUT2D eigenvalue weighted by atomic mass is 9.82. The molecule has 1 aliphatic rings. The lowest BCUT2D eigenvalue weighted by molar-refractivity contribution is -0.139. The lowest BCUT2D eigenvalue weighted by Gasteiger charge is -2.28. The van der Waals surface area contributed by atoms with Crippen LogP contribution in [-0.2, 0) is 19.1 Å². The van der Waals surface area contributed by atoms with Gasteiger partial charge in [-0.05, 0) is 25.5 Å². The molecule has 1 amide bonds. The zero-order valence-corrected chi connectivity index (χ0v) is 14.3. The molecular weight excluding hydrogens is 322 g/mol. The number of para-hydroxylation sites is 1. The molecule has 0 spiro atoms. The SMILES string of the molecule is CCOC(=O)C1=C(C)OC(N)=C(C#N)C1c1ccccc1NC(C)=O. The Labute approximate surface area is 145 Å². The molecule has 0 bridgehead atoms. The number of nitrogens with zero attached hydrogens (tertiary/aromatic N) is 1. The van der Waals surface area contributed by atoms with Crippen LogP contribution in [0.1, 0.15) is 32.3 Å². The normalized spacial score (nSPS) is 16.8. The average molecular weight is 341 g/mol. The van der Waals surface area contributed by atoms with Crippen LogP contribution in [0.15, 0.2) is 47.1 Å². The number of carbonyl (C=O) groups excluding carboxylic acids is 2. The second-order valence-electron chi connectivity index (χ2n) is 5.38. The highest BCUT2D eigenvalue weighted by molar-refractivity contribution is 5.94. The number of benzene rings is 1. The van der Waals surface area contributed by atoms with E-state index in [4.69, 9.17) is 15.2 Å². The molecule has 2 rings (SSSR count). The van der Waals surface area contributed by atoms with Crippen LogP contribution < -0.4 is 11.1 Å². The Bertz CT molecular complexity index is 818. The molecule has 1 unspecified atom stereocenters. The fraction of sp³-hybridized carbons (Fsp3) is 0.278. The summed E-state index contributed by atoms with van der Waals surface area (Å²) in [6.07, 6.45) is 0. The third kappa shape index (κ3) is 3.63. The number of carbonyl (C=O) groups is 2. The first kappa shape index (κ1) is 18.1. The van der Waals surface area contributed by atoms with Crippen molar-refractivity contribution in [3.05, 3.63) is 52.6 Å². The van der Waals surface area contributed by atoms with E-state index in [1.807, 2.05) is 6.07 Å². The Kier molecular flexibility index (Phi) is 5.45. The molecule has 0 saturated carbocycles. The molecule has 25 heavy (non-hydrogen) atoms. The molecule has 3 N–H and O–H groups in total. The first-order valence-corrected chi connectivity index (χ1v) is 7.72. The van der Waals surface area contributed by atoms with Gasteiger partial charge in [0.1, 0.15) is 17.4 Å². The maximum Gasteiger partial charge on any atom is 0.338 e. The Morgan fingerprint density at radius 1 is 1.40 bits per heavy atom. The molecule has 1 aliphatic heterocycles. The fourth-order valence-corrected chi connectivity index (χ4v) is 2.72. The van der Waals surface area contributed by atoms with Crippen LogP contribution in [0.5, 0.6) is 0 Å². The molecule has 1 aromatic rings. The van der Waals surface area contributed by atoms with E-state index in [0.29, 0.717) is 11.3 Å². The number of hydrogen-bond donors (Lipinski definition) is 2. The van der Waals surface area contributed by atoms with Gasteiger partial charge in [-0.1, -0.05) is 18.2 Å². The number of anilines is 1. The molecule has 1 atom stereocenters. The Morgan fingerprint density at radius 3 is 2.68 bits per heavy atom. The number of esters is 1. The second-order valence-corrected chi connectivity index (χ2v) is 5.38. The zero-order valence-electron chi connectivity index (χ0n) is 14.3. The summed E-state index contributed by atoms with van der Waals surface area (Å²) in [7, 11) is 0. The minimum Gasteiger partial charge on any atom is -0.463 e. The van der Waals surface area contributed by atoms with Crippen molar-refractivity contribution in [2.75, 3.05) is 11.9 Å². The number of rotatable bonds is 4. The van der Waals surface area contributed by atoms with Crippen LogP contribution in [0.2, 0.25) is 0 Å². The zero-order chi connectivity index (χ0) is 18.6. The van der Waals surface area contributed by atoms with Gasteiger partial charge in [-0.15, -0.1) is 0 Å². The molecule has 0 aliphatic carbocycles. The standard InChI is InChI=1S/C18H19N3O4/c1-4-24-18(23)15-10(2)25-17(20)13(9-19)16(15)12-7-5-6-8-14(12)21-11(3)22/h5-8,16H,4,20H2,1-3H3,(H,21,22). The molecule has 7 nitrogen and oxygen atoms in total. The third-order valence-corrected chi connectivity index (χ3v) is 3.68. The number of allylic oxidation sites excluding steroid dienone is 2. The predicted octanol–water partition coefficient (Wildman–Crippen LogP) is 2.29. The summed E-state index contributed by atoms with van der Waals surface area (Å²) in [5.41, 5.74) is 7.17. The number of nitrogens with one attached hydrogen (secondary N) is 1. The number of amides is 1. The first-order valence-electron chi connectivity index (χ1n) is 7.72. The predicted molar refractivity (Wildman–Crippen MR) is 90.7 cm³/mol. The minimum absolute atomic E-state index is 0.0734. The molecule has 1 aromatic carbocycles. The van der Waals surface area contributed by atoms with E-state index in [9.17, 15) is 14.9 Å². The molecule has 0 aromatic heterocycles. The monoisotopic (exact) mass is 341 g/mol. The Balaban J connectivity index is 2.67. The number of ether oxygens (including phenoxy) is 2. The Hall–Kier alpha value is -3.27. The topological polar surface area (TPSA) is 114 Å². The van der Waals surface area contributed by atoms with Crippen molar-refractivity contribution in [2.45, 2.75) is 26.7 Å². The van der Waals surface area contributed by atoms with E-state index >= 15 is 0 Å². The van der Waals surface area contributed by atoms with Crippen LogP contribution in [0.3, 0.4) is 0 Å². The van der Waals surface area contributed by atoms with Crippen molar-refractivity contribution in [1.82, 2.24) is 0 Å². The van der Waals surface area contributed by atoms with Gasteiger partial charge in [0.15, 0.2) is 0 Å². The van der Waals surface area contributed by atoms with Gasteiger partial charge in [0.05, 0.1) is 18.1 Å². The highest BCUT2D eigenvalue weighted by atomic mass is 16.5. The van der Waals surface area contributed by atoms with Crippen LogP contribution in [-0.4, -0.2) is 18.5 Å². The maximum atomic E-state index is 12.5. The van der Waals surface area contributed by atoms with Crippen molar-refractivity contribution in [1.29, 1.82) is 5.26 Å². The Morgan fingerprint density at radius 2 is 2.08 bits per heavy atom. The van der Waals surface area contributed by atoms with E-state index in [2.05, 4.69) is 5.32 Å². The molecule has 1 heterocycles. The number of nitriles is 1. The van der Waals surface area contributed by atoms with Crippen molar-refractivity contribution in [3.8, 4) is 6.07 Å². The van der Waals surface area contributed by atoms with Gasteiger partial charge in [-0.2, -0.15) is 5.26 Å². The minimum atomic E-state index is -0.791. The molecule has 0 saturated heterocycles. The van der Waals surface area contributed by atoms with Gasteiger partial charge in [0, 0.05) is 12.6 Å². The summed E-state index contributed by atoms with van der Waals surface area (Å²) < 4.78 is 10.5. The van der Waals surface area contributed by atoms with E-state index in [0.717, 1.165) is 0 Å². The van der Waals surface area contributed by atoms with Crippen molar-refractivity contribution < 1.29 is 19.1 Å². The van der Waals surface area contributed by atoms with Crippen molar-refractivity contribution in [2.24, 2.45) is 5.73 Å². The van der Waals surface area contributed by atoms with E-state index in [1.165, 1.54) is 6.92 Å². The summed E-state index contributed by atoms with van der Waals surface area (Å²) in [4.78, 5) is 24.0. The highest BCUT2D eigenvalue weighted by Crippen LogP contribution is 2.42. The van der Waals surface area contributed by atoms with Crippen molar-refractivity contribution in [3.63, 3.8) is 0 Å². The molecule has 130 valence electrons. The fourth-order valence-electron chi connectivity index (χ4n) is 2.72. The first-order chi connectivity index (χ1) is 11.9. The third-order valence-electron chi connectivity index (χ3n) is 3.68. The van der Waals surface area contributed by atoms with Crippen LogP contribution >= 0.6 is 0 Å². The van der Waals surface area contributed by atoms with Gasteiger partial charge in [-0.25, -0.2) is 4.79 Å². The summed E-state index contributed by atoms with van der Waals surface area (Å²) in [6, 6.07) is 8.91. The quantitative estimate of drug-likeness (QED) is 0.812. The summed E-state index contributed by atoms with van der Waals surface area (Å²) in [5.74, 6) is -1.47. The molecule has 7 heteroatoms. The number of nitrogens with two attached hydrogens (primary N) is 1. The lowest BCUT2D eigenvalue weighted by Crippen LogP contribution is -2.26. The maximum absolute atomic E-state index is 12.5. The summed E-state index contributed by atoms with van der Waals surface area (Å²) in [5, 5.41) is 12.3. The van der Waals surface area contributed by atoms with Crippen LogP contribution in [0, 0.1) is 11.3 Å². The van der Waals surface area contributed by atoms with E-state index in [1.54, 1.807) is 38.1 Å². The van der Waals surface area contributed by atoms with Crippen molar-refractivity contribution >= 4 is 17.6 Å². The highest BCUT2D eigenvalue weighted by Gasteiger charge is 2.37. The van der Waals surface area contributed by atoms with Crippen LogP contribution in [0.4, 0.5) is 5.69 Å². The van der Waals surface area contributed by atoms with Gasteiger partial charge in [-0.3, -0.25) is 4.79 Å². The smallest absolute Gasteiger partial charge is 0.338 e. The van der Waals surface area contributed by atoms with Crippen LogP contribution in [0.25, 0.3) is 0 Å². The summed E-state index contributed by atoms with van der Waals surface area (Å²) >= 11 is 0. The van der Waals surface area contributed by atoms with E-state index in [-0.39, 0.29) is 35.3 Å². The largest absolute Gasteiger partial charge is 0.463 e. The number of hydrogen-bond acceptors (Lipinski definition) is 6. The molecule has 0 radical (unpaired) electrons. The average Bonchev–Trinajstić information content (AvgIpc) is 2.54. The van der Waals surface area contributed by atoms with Gasteiger partial charge in [0.2, 0.25) is 11.8 Å². The van der Waals surface area contributed by atoms with Gasteiger partial charge >= 0.3 is 5.97 Å². The van der Waals surface area contributed by atoms with E-state index < -0.39 is 11.9 Å². The summed E-state index contributed by atoms with van der Waals surface area (Å²) in [6.45, 7) is 4.83. The molecule has 0 fully saturated rings. The second kappa shape index (κ2) is 7.53. The van der Waals surface area contributed by atoms with Gasteiger partial charge in [0.25, 0.3) is 0 Å². The van der Waals surface area contributed by atoms with Gasteiger partial charge < -0.3 is 20.5 Å².